The second kappa shape index (κ2) is 8.19. The molecule has 3 N–H and O–H groups in total. The van der Waals surface area contributed by atoms with Gasteiger partial charge in [-0.1, -0.05) is 6.07 Å². The molecule has 0 unspecified atom stereocenters. The van der Waals surface area contributed by atoms with Crippen molar-refractivity contribution in [3.8, 4) is 11.6 Å². The summed E-state index contributed by atoms with van der Waals surface area (Å²) in [6, 6.07) is 8.53. The smallest absolute Gasteiger partial charge is 0.422 e. The van der Waals surface area contributed by atoms with Gasteiger partial charge in [0.15, 0.2) is 13.2 Å². The number of hydrogen-bond donors (Lipinski definition) is 2. The number of carbonyl (C=O) groups is 2. The molecule has 0 atom stereocenters. The van der Waals surface area contributed by atoms with E-state index in [1.54, 1.807) is 12.1 Å². The summed E-state index contributed by atoms with van der Waals surface area (Å²) in [7, 11) is 0. The van der Waals surface area contributed by atoms with Gasteiger partial charge in [-0.15, -0.1) is 0 Å². The van der Waals surface area contributed by atoms with E-state index in [0.29, 0.717) is 0 Å². The third-order valence-corrected chi connectivity index (χ3v) is 2.89. The highest BCUT2D eigenvalue weighted by Gasteiger charge is 2.28. The summed E-state index contributed by atoms with van der Waals surface area (Å²) in [5.74, 6) is -1.09. The number of ether oxygens (including phenoxy) is 2. The fourth-order valence-corrected chi connectivity index (χ4v) is 1.78. The van der Waals surface area contributed by atoms with Crippen LogP contribution in [0.1, 0.15) is 10.4 Å². The predicted molar refractivity (Wildman–Crippen MR) is 84.9 cm³/mol. The summed E-state index contributed by atoms with van der Waals surface area (Å²) in [4.78, 5) is 26.5. The second-order valence-corrected chi connectivity index (χ2v) is 5.02. The van der Waals surface area contributed by atoms with Crippen LogP contribution in [-0.2, 0) is 4.79 Å². The summed E-state index contributed by atoms with van der Waals surface area (Å²) in [5.41, 5.74) is 5.64. The maximum absolute atomic E-state index is 12.0. The van der Waals surface area contributed by atoms with Crippen LogP contribution in [0.5, 0.6) is 11.6 Å². The van der Waals surface area contributed by atoms with Gasteiger partial charge in [-0.3, -0.25) is 9.59 Å². The van der Waals surface area contributed by atoms with Gasteiger partial charge in [0.2, 0.25) is 11.8 Å². The molecule has 1 aromatic heterocycles. The van der Waals surface area contributed by atoms with E-state index in [9.17, 15) is 22.8 Å². The monoisotopic (exact) mass is 369 g/mol. The average Bonchev–Trinajstić information content (AvgIpc) is 2.59. The lowest BCUT2D eigenvalue weighted by atomic mass is 10.2. The molecule has 26 heavy (non-hydrogen) atoms. The lowest BCUT2D eigenvalue weighted by molar-refractivity contribution is -0.154. The van der Waals surface area contributed by atoms with Gasteiger partial charge in [-0.2, -0.15) is 13.2 Å². The summed E-state index contributed by atoms with van der Waals surface area (Å²) < 4.78 is 45.8. The lowest BCUT2D eigenvalue weighted by Crippen LogP contribution is -2.21. The number of rotatable bonds is 7. The largest absolute Gasteiger partial charge is 0.484 e. The molecule has 0 aliphatic rings. The average molecular weight is 369 g/mol. The Morgan fingerprint density at radius 1 is 1.15 bits per heavy atom. The first-order valence-electron chi connectivity index (χ1n) is 7.21. The Balaban J connectivity index is 1.84. The maximum Gasteiger partial charge on any atom is 0.422 e. The van der Waals surface area contributed by atoms with Crippen molar-refractivity contribution in [2.45, 2.75) is 6.18 Å². The minimum absolute atomic E-state index is 0.222. The summed E-state index contributed by atoms with van der Waals surface area (Å²) >= 11 is 0. The van der Waals surface area contributed by atoms with E-state index in [1.165, 1.54) is 24.3 Å². The van der Waals surface area contributed by atoms with E-state index in [2.05, 4.69) is 15.0 Å². The van der Waals surface area contributed by atoms with Gasteiger partial charge >= 0.3 is 6.18 Å². The van der Waals surface area contributed by atoms with Crippen molar-refractivity contribution in [3.63, 3.8) is 0 Å². The number of primary amides is 1. The van der Waals surface area contributed by atoms with Crippen molar-refractivity contribution in [2.24, 2.45) is 5.73 Å². The molecule has 1 aromatic carbocycles. The summed E-state index contributed by atoms with van der Waals surface area (Å²) in [5, 5.41) is 2.45. The molecule has 1 heterocycles. The van der Waals surface area contributed by atoms with Crippen LogP contribution in [0, 0.1) is 0 Å². The molecule has 2 rings (SSSR count). The molecule has 0 fully saturated rings. The number of benzene rings is 1. The number of nitrogens with two attached hydrogens (primary N) is 1. The first-order chi connectivity index (χ1) is 12.2. The highest BCUT2D eigenvalue weighted by atomic mass is 19.4. The molecule has 138 valence electrons. The zero-order valence-electron chi connectivity index (χ0n) is 13.2. The number of amides is 2. The van der Waals surface area contributed by atoms with E-state index >= 15 is 0 Å². The minimum Gasteiger partial charge on any atom is -0.484 e. The second-order valence-electron chi connectivity index (χ2n) is 5.02. The van der Waals surface area contributed by atoms with Crippen LogP contribution in [-0.4, -0.2) is 36.2 Å². The van der Waals surface area contributed by atoms with Crippen LogP contribution in [0.2, 0.25) is 0 Å². The Labute approximate surface area is 145 Å². The molecule has 0 spiro atoms. The highest BCUT2D eigenvalue weighted by molar-refractivity contribution is 5.93. The molecule has 0 aliphatic heterocycles. The molecular formula is C16H14F3N3O4. The first-order valence-corrected chi connectivity index (χ1v) is 7.21. The Morgan fingerprint density at radius 2 is 1.92 bits per heavy atom. The third kappa shape index (κ3) is 6.30. The van der Waals surface area contributed by atoms with Crippen molar-refractivity contribution in [1.29, 1.82) is 0 Å². The van der Waals surface area contributed by atoms with E-state index in [1.807, 2.05) is 0 Å². The van der Waals surface area contributed by atoms with Gasteiger partial charge in [0.25, 0.3) is 5.91 Å². The first kappa shape index (κ1) is 19.0. The molecule has 2 amide bonds. The van der Waals surface area contributed by atoms with Crippen LogP contribution in [0.4, 0.5) is 18.9 Å². The fourth-order valence-electron chi connectivity index (χ4n) is 1.78. The number of aromatic nitrogens is 1. The van der Waals surface area contributed by atoms with Crippen molar-refractivity contribution in [2.75, 3.05) is 18.5 Å². The van der Waals surface area contributed by atoms with Crippen LogP contribution in [0.3, 0.4) is 0 Å². The van der Waals surface area contributed by atoms with Gasteiger partial charge in [0.05, 0.1) is 11.9 Å². The Hall–Kier alpha value is -3.30. The number of hydrogen-bond acceptors (Lipinski definition) is 5. The van der Waals surface area contributed by atoms with Crippen LogP contribution in [0.25, 0.3) is 0 Å². The van der Waals surface area contributed by atoms with Crippen molar-refractivity contribution in [3.05, 3.63) is 48.2 Å². The van der Waals surface area contributed by atoms with E-state index < -0.39 is 24.6 Å². The zero-order valence-corrected chi connectivity index (χ0v) is 13.2. The van der Waals surface area contributed by atoms with Crippen molar-refractivity contribution >= 4 is 17.5 Å². The Bertz CT molecular complexity index is 779. The quantitative estimate of drug-likeness (QED) is 0.778. The van der Waals surface area contributed by atoms with Gasteiger partial charge in [0.1, 0.15) is 5.75 Å². The van der Waals surface area contributed by atoms with Crippen molar-refractivity contribution < 1.29 is 32.2 Å². The van der Waals surface area contributed by atoms with E-state index in [4.69, 9.17) is 10.5 Å². The molecule has 0 aliphatic carbocycles. The van der Waals surface area contributed by atoms with E-state index in [0.717, 1.165) is 6.20 Å². The number of nitrogens with one attached hydrogen (secondary N) is 1. The normalized spacial score (nSPS) is 10.9. The standard InChI is InChI=1S/C16H14F3N3O4/c17-16(18,19)9-26-14-5-4-11(7-21-14)22-13(23)8-25-12-3-1-2-10(6-12)15(20)24/h1-7H,8-9H2,(H2,20,24)(H,22,23). The van der Waals surface area contributed by atoms with Gasteiger partial charge < -0.3 is 20.5 Å². The Kier molecular flexibility index (Phi) is 5.99. The van der Waals surface area contributed by atoms with Crippen LogP contribution in [0.15, 0.2) is 42.6 Å². The number of halogens is 3. The number of nitrogens with zero attached hydrogens (tertiary/aromatic N) is 1. The highest BCUT2D eigenvalue weighted by Crippen LogP contribution is 2.18. The van der Waals surface area contributed by atoms with Gasteiger partial charge in [-0.05, 0) is 24.3 Å². The molecule has 10 heteroatoms. The minimum atomic E-state index is -4.46. The molecule has 7 nitrogen and oxygen atoms in total. The maximum atomic E-state index is 12.0. The molecule has 0 saturated carbocycles. The molecule has 0 bridgehead atoms. The summed E-state index contributed by atoms with van der Waals surface area (Å²) in [6.45, 7) is -1.81. The van der Waals surface area contributed by atoms with Gasteiger partial charge in [0, 0.05) is 11.6 Å². The fraction of sp³-hybridized carbons (Fsp3) is 0.188. The SMILES string of the molecule is NC(=O)c1cccc(OCC(=O)Nc2ccc(OCC(F)(F)F)nc2)c1. The Morgan fingerprint density at radius 3 is 2.54 bits per heavy atom. The number of alkyl halides is 3. The van der Waals surface area contributed by atoms with Crippen molar-refractivity contribution in [1.82, 2.24) is 4.98 Å². The lowest BCUT2D eigenvalue weighted by Gasteiger charge is -2.10. The third-order valence-electron chi connectivity index (χ3n) is 2.89. The summed E-state index contributed by atoms with van der Waals surface area (Å²) in [6.07, 6.45) is -3.31. The predicted octanol–water partition coefficient (Wildman–Crippen LogP) is 2.14. The number of anilines is 1. The topological polar surface area (TPSA) is 104 Å². The van der Waals surface area contributed by atoms with Crippen LogP contribution >= 0.6 is 0 Å². The van der Waals surface area contributed by atoms with E-state index in [-0.39, 0.29) is 29.5 Å². The van der Waals surface area contributed by atoms with Gasteiger partial charge in [-0.25, -0.2) is 4.98 Å². The number of carbonyl (C=O) groups excluding carboxylic acids is 2. The molecule has 2 aromatic rings. The molecule has 0 radical (unpaired) electrons. The van der Waals surface area contributed by atoms with Crippen LogP contribution < -0.4 is 20.5 Å². The molecule has 0 saturated heterocycles. The molecular weight excluding hydrogens is 355 g/mol. The zero-order chi connectivity index (χ0) is 19.2. The number of pyridine rings is 1.